The number of quaternary nitrogens is 1. The molecular weight excluding hydrogens is 246 g/mol. The van der Waals surface area contributed by atoms with Crippen LogP contribution in [-0.4, -0.2) is 49.3 Å². The molecule has 3 atom stereocenters. The molecule has 3 amide bonds. The molecule has 3 N–H and O–H groups in total. The summed E-state index contributed by atoms with van der Waals surface area (Å²) in [7, 11) is 0. The predicted molar refractivity (Wildman–Crippen MR) is 72.0 cm³/mol. The summed E-state index contributed by atoms with van der Waals surface area (Å²) in [6, 6.07) is -0.439. The van der Waals surface area contributed by atoms with Crippen molar-refractivity contribution in [2.45, 2.75) is 52.4 Å². The van der Waals surface area contributed by atoms with Crippen molar-refractivity contribution in [2.24, 2.45) is 0 Å². The van der Waals surface area contributed by atoms with Gasteiger partial charge < -0.3 is 15.0 Å². The Bertz CT molecular complexity index is 329. The first-order chi connectivity index (χ1) is 8.65. The first kappa shape index (κ1) is 15.9. The smallest absolute Gasteiger partial charge is 0.322 e. The summed E-state index contributed by atoms with van der Waals surface area (Å²) < 4.78 is 5.61. The molecule has 1 rings (SSSR count). The number of hydrogen-bond acceptors (Lipinski definition) is 3. The molecule has 0 aromatic rings. The Balaban J connectivity index is 2.36. The van der Waals surface area contributed by atoms with E-state index in [-0.39, 0.29) is 23.7 Å². The zero-order valence-electron chi connectivity index (χ0n) is 12.5. The minimum absolute atomic E-state index is 0.148. The van der Waals surface area contributed by atoms with Crippen LogP contribution in [0, 0.1) is 0 Å². The van der Waals surface area contributed by atoms with Crippen molar-refractivity contribution in [3.63, 3.8) is 0 Å². The van der Waals surface area contributed by atoms with E-state index < -0.39 is 6.03 Å². The van der Waals surface area contributed by atoms with Gasteiger partial charge in [-0.1, -0.05) is 0 Å². The van der Waals surface area contributed by atoms with E-state index in [0.29, 0.717) is 6.54 Å². The SMILES string of the molecule is C[C@@H]1C[NH+](CC(=O)NC(=O)NC(C)(C)C)C[C@H](C)O1. The average Bonchev–Trinajstić information content (AvgIpc) is 2.10. The lowest BCUT2D eigenvalue weighted by molar-refractivity contribution is -0.907. The van der Waals surface area contributed by atoms with E-state index in [2.05, 4.69) is 10.6 Å². The molecule has 1 fully saturated rings. The Morgan fingerprint density at radius 1 is 1.21 bits per heavy atom. The second-order valence-corrected chi connectivity index (χ2v) is 6.34. The van der Waals surface area contributed by atoms with Crippen LogP contribution in [0.4, 0.5) is 4.79 Å². The maximum atomic E-state index is 11.8. The first-order valence-corrected chi connectivity index (χ1v) is 6.77. The Hall–Kier alpha value is -1.14. The molecule has 1 aliphatic heterocycles. The second-order valence-electron chi connectivity index (χ2n) is 6.34. The van der Waals surface area contributed by atoms with Crippen molar-refractivity contribution in [1.82, 2.24) is 10.6 Å². The number of carbonyl (C=O) groups excluding carboxylic acids is 2. The number of carbonyl (C=O) groups is 2. The summed E-state index contributed by atoms with van der Waals surface area (Å²) in [6.45, 7) is 11.5. The predicted octanol–water partition coefficient (Wildman–Crippen LogP) is -0.697. The van der Waals surface area contributed by atoms with Crippen LogP contribution in [-0.2, 0) is 9.53 Å². The van der Waals surface area contributed by atoms with Gasteiger partial charge in [0.05, 0.1) is 0 Å². The van der Waals surface area contributed by atoms with Crippen LogP contribution in [0.15, 0.2) is 0 Å². The van der Waals surface area contributed by atoms with Crippen molar-refractivity contribution in [3.8, 4) is 0 Å². The molecule has 0 aromatic heterocycles. The average molecular weight is 272 g/mol. The number of ether oxygens (including phenoxy) is 1. The largest absolute Gasteiger partial charge is 0.364 e. The van der Waals surface area contributed by atoms with E-state index in [1.807, 2.05) is 34.6 Å². The van der Waals surface area contributed by atoms with Gasteiger partial charge in [0, 0.05) is 5.54 Å². The zero-order valence-corrected chi connectivity index (χ0v) is 12.5. The maximum absolute atomic E-state index is 11.8. The molecule has 0 aromatic carbocycles. The lowest BCUT2D eigenvalue weighted by Crippen LogP contribution is -3.16. The van der Waals surface area contributed by atoms with Gasteiger partial charge in [0.15, 0.2) is 6.54 Å². The molecular formula is C13H26N3O3+. The van der Waals surface area contributed by atoms with Crippen LogP contribution in [0.25, 0.3) is 0 Å². The molecule has 6 nitrogen and oxygen atoms in total. The van der Waals surface area contributed by atoms with Crippen LogP contribution in [0.3, 0.4) is 0 Å². The fraction of sp³-hybridized carbons (Fsp3) is 0.846. The van der Waals surface area contributed by atoms with Gasteiger partial charge in [-0.3, -0.25) is 10.1 Å². The van der Waals surface area contributed by atoms with Crippen molar-refractivity contribution in [2.75, 3.05) is 19.6 Å². The molecule has 1 saturated heterocycles. The molecule has 0 spiro atoms. The number of urea groups is 1. The highest BCUT2D eigenvalue weighted by molar-refractivity contribution is 5.94. The first-order valence-electron chi connectivity index (χ1n) is 6.77. The van der Waals surface area contributed by atoms with Gasteiger partial charge in [-0.2, -0.15) is 0 Å². The summed E-state index contributed by atoms with van der Waals surface area (Å²) in [4.78, 5) is 24.5. The van der Waals surface area contributed by atoms with Crippen molar-refractivity contribution >= 4 is 11.9 Å². The number of nitrogens with one attached hydrogen (secondary N) is 3. The Morgan fingerprint density at radius 2 is 1.74 bits per heavy atom. The molecule has 0 aliphatic carbocycles. The fourth-order valence-corrected chi connectivity index (χ4v) is 2.30. The van der Waals surface area contributed by atoms with E-state index in [1.54, 1.807) is 0 Å². The summed E-state index contributed by atoms with van der Waals surface area (Å²) >= 11 is 0. The van der Waals surface area contributed by atoms with E-state index >= 15 is 0 Å². The van der Waals surface area contributed by atoms with Gasteiger partial charge in [0.25, 0.3) is 5.91 Å². The van der Waals surface area contributed by atoms with Gasteiger partial charge in [0.1, 0.15) is 25.3 Å². The molecule has 0 bridgehead atoms. The van der Waals surface area contributed by atoms with Crippen LogP contribution >= 0.6 is 0 Å². The molecule has 110 valence electrons. The van der Waals surface area contributed by atoms with Gasteiger partial charge in [0.2, 0.25) is 0 Å². The monoisotopic (exact) mass is 272 g/mol. The lowest BCUT2D eigenvalue weighted by atomic mass is 10.1. The van der Waals surface area contributed by atoms with Gasteiger partial charge >= 0.3 is 6.03 Å². The Kier molecular flexibility index (Phi) is 5.31. The van der Waals surface area contributed by atoms with E-state index in [0.717, 1.165) is 18.0 Å². The standard InChI is InChI=1S/C13H25N3O3/c1-9-6-16(7-10(2)19-9)8-11(17)14-12(18)15-13(3,4)5/h9-10H,6-8H2,1-5H3,(H2,14,15,17,18)/p+1/t9-,10+. The molecule has 1 heterocycles. The number of rotatable bonds is 2. The second kappa shape index (κ2) is 6.34. The third kappa shape index (κ3) is 6.54. The van der Waals surface area contributed by atoms with E-state index in [1.165, 1.54) is 0 Å². The molecule has 1 unspecified atom stereocenters. The van der Waals surface area contributed by atoms with E-state index in [9.17, 15) is 9.59 Å². The topological polar surface area (TPSA) is 71.9 Å². The minimum Gasteiger partial charge on any atom is -0.364 e. The van der Waals surface area contributed by atoms with Crippen molar-refractivity contribution in [3.05, 3.63) is 0 Å². The summed E-state index contributed by atoms with van der Waals surface area (Å²) in [5.74, 6) is -0.252. The van der Waals surface area contributed by atoms with Crippen molar-refractivity contribution < 1.29 is 19.2 Å². The quantitative estimate of drug-likeness (QED) is 0.623. The highest BCUT2D eigenvalue weighted by atomic mass is 16.5. The summed E-state index contributed by atoms with van der Waals surface area (Å²) in [5.41, 5.74) is -0.348. The summed E-state index contributed by atoms with van der Waals surface area (Å²) in [5, 5.41) is 5.06. The highest BCUT2D eigenvalue weighted by Crippen LogP contribution is 1.98. The number of morpholine rings is 1. The fourth-order valence-electron chi connectivity index (χ4n) is 2.30. The Labute approximate surface area is 114 Å². The third-order valence-corrected chi connectivity index (χ3v) is 2.77. The van der Waals surface area contributed by atoms with Crippen LogP contribution < -0.4 is 15.5 Å². The number of imide groups is 1. The molecule has 0 radical (unpaired) electrons. The van der Waals surface area contributed by atoms with Crippen molar-refractivity contribution in [1.29, 1.82) is 0 Å². The number of amides is 3. The normalized spacial score (nSPS) is 27.7. The molecule has 19 heavy (non-hydrogen) atoms. The van der Waals surface area contributed by atoms with Gasteiger partial charge in [-0.25, -0.2) is 4.79 Å². The molecule has 1 aliphatic rings. The lowest BCUT2D eigenvalue weighted by Gasteiger charge is -2.31. The van der Waals surface area contributed by atoms with E-state index in [4.69, 9.17) is 4.74 Å². The molecule has 6 heteroatoms. The molecule has 0 saturated carbocycles. The maximum Gasteiger partial charge on any atom is 0.322 e. The minimum atomic E-state index is -0.439. The summed E-state index contributed by atoms with van der Waals surface area (Å²) in [6.07, 6.45) is 0.296. The third-order valence-electron chi connectivity index (χ3n) is 2.77. The van der Waals surface area contributed by atoms with Crippen LogP contribution in [0.2, 0.25) is 0 Å². The van der Waals surface area contributed by atoms with Crippen LogP contribution in [0.5, 0.6) is 0 Å². The van der Waals surface area contributed by atoms with Gasteiger partial charge in [-0.15, -0.1) is 0 Å². The number of hydrogen-bond donors (Lipinski definition) is 3. The zero-order chi connectivity index (χ0) is 14.6. The van der Waals surface area contributed by atoms with Gasteiger partial charge in [-0.05, 0) is 34.6 Å². The highest BCUT2D eigenvalue weighted by Gasteiger charge is 2.27. The van der Waals surface area contributed by atoms with Crippen LogP contribution in [0.1, 0.15) is 34.6 Å². The Morgan fingerprint density at radius 3 is 2.21 bits per heavy atom.